The summed E-state index contributed by atoms with van der Waals surface area (Å²) < 4.78 is 0. The summed E-state index contributed by atoms with van der Waals surface area (Å²) in [7, 11) is 0. The molecule has 1 aromatic rings. The zero-order valence-electron chi connectivity index (χ0n) is 13.0. The van der Waals surface area contributed by atoms with Crippen LogP contribution in [0.25, 0.3) is 0 Å². The number of rotatable bonds is 7. The summed E-state index contributed by atoms with van der Waals surface area (Å²) in [5, 5.41) is 13.5. The maximum Gasteiger partial charge on any atom is 0.233 e. The van der Waals surface area contributed by atoms with Crippen LogP contribution in [0.15, 0.2) is 29.2 Å². The molecule has 3 nitrogen and oxygen atoms in total. The number of benzene rings is 1. The Balaban J connectivity index is 2.46. The van der Waals surface area contributed by atoms with Gasteiger partial charge in [-0.05, 0) is 50.5 Å². The number of carbonyl (C=O) groups is 1. The zero-order valence-corrected chi connectivity index (χ0v) is 14.6. The first-order valence-corrected chi connectivity index (χ1v) is 8.38. The lowest BCUT2D eigenvalue weighted by molar-refractivity contribution is -0.121. The molecule has 2 N–H and O–H groups in total. The third-order valence-electron chi connectivity index (χ3n) is 2.99. The highest BCUT2D eigenvalue weighted by Crippen LogP contribution is 2.25. The minimum atomic E-state index is -0.867. The normalized spacial score (nSPS) is 15.6. The van der Waals surface area contributed by atoms with Gasteiger partial charge in [0.15, 0.2) is 0 Å². The number of hydrogen-bond donors (Lipinski definition) is 2. The fourth-order valence-corrected chi connectivity index (χ4v) is 3.16. The largest absolute Gasteiger partial charge is 0.388 e. The molecule has 2 atom stereocenters. The number of hydrogen-bond acceptors (Lipinski definition) is 3. The molecular formula is C16H24ClNO2S. The van der Waals surface area contributed by atoms with E-state index >= 15 is 0 Å². The lowest BCUT2D eigenvalue weighted by Gasteiger charge is -2.26. The number of thioether (sulfide) groups is 1. The van der Waals surface area contributed by atoms with Crippen molar-refractivity contribution in [3.05, 3.63) is 29.3 Å². The van der Waals surface area contributed by atoms with Crippen molar-refractivity contribution in [1.82, 2.24) is 5.32 Å². The van der Waals surface area contributed by atoms with Crippen LogP contribution in [-0.4, -0.2) is 28.4 Å². The van der Waals surface area contributed by atoms with Gasteiger partial charge in [-0.15, -0.1) is 11.8 Å². The number of carbonyl (C=O) groups excluding carboxylic acids is 1. The summed E-state index contributed by atoms with van der Waals surface area (Å²) in [6.07, 6.45) is 0.659. The third kappa shape index (κ3) is 7.21. The van der Waals surface area contributed by atoms with Gasteiger partial charge in [0.2, 0.25) is 5.91 Å². The first-order valence-electron chi connectivity index (χ1n) is 7.12. The Kier molecular flexibility index (Phi) is 7.04. The van der Waals surface area contributed by atoms with Crippen LogP contribution in [-0.2, 0) is 4.79 Å². The first kappa shape index (κ1) is 18.3. The third-order valence-corrected chi connectivity index (χ3v) is 4.35. The van der Waals surface area contributed by atoms with Crippen LogP contribution in [0.5, 0.6) is 0 Å². The van der Waals surface area contributed by atoms with E-state index in [0.29, 0.717) is 17.4 Å². The van der Waals surface area contributed by atoms with Gasteiger partial charge in [0.05, 0.1) is 10.9 Å². The Labute approximate surface area is 136 Å². The van der Waals surface area contributed by atoms with E-state index in [2.05, 4.69) is 19.2 Å². The van der Waals surface area contributed by atoms with E-state index in [1.807, 2.05) is 31.2 Å². The first-order chi connectivity index (χ1) is 9.69. The summed E-state index contributed by atoms with van der Waals surface area (Å²) in [5.41, 5.74) is -0.867. The fraction of sp³-hybridized carbons (Fsp3) is 0.562. The molecule has 0 saturated heterocycles. The van der Waals surface area contributed by atoms with Crippen molar-refractivity contribution in [2.45, 2.75) is 49.9 Å². The molecule has 1 amide bonds. The molecule has 2 unspecified atom stereocenters. The zero-order chi connectivity index (χ0) is 16.0. The summed E-state index contributed by atoms with van der Waals surface area (Å²) in [6.45, 7) is 7.98. The Morgan fingerprint density at radius 3 is 2.43 bits per heavy atom. The van der Waals surface area contributed by atoms with Crippen LogP contribution in [0, 0.1) is 5.92 Å². The van der Waals surface area contributed by atoms with Gasteiger partial charge in [0.25, 0.3) is 0 Å². The van der Waals surface area contributed by atoms with E-state index in [0.717, 1.165) is 4.90 Å². The standard InChI is InChI=1S/C16H24ClNO2S/c1-11(2)9-16(4,20)10-18-15(19)12(3)21-14-7-5-13(17)6-8-14/h5-8,11-12,20H,9-10H2,1-4H3,(H,18,19). The van der Waals surface area contributed by atoms with Gasteiger partial charge in [-0.2, -0.15) is 0 Å². The molecule has 0 heterocycles. The van der Waals surface area contributed by atoms with Gasteiger partial charge in [-0.3, -0.25) is 4.79 Å². The molecule has 0 aliphatic rings. The van der Waals surface area contributed by atoms with E-state index in [1.54, 1.807) is 6.92 Å². The number of nitrogens with one attached hydrogen (secondary N) is 1. The van der Waals surface area contributed by atoms with Crippen LogP contribution in [0.2, 0.25) is 5.02 Å². The monoisotopic (exact) mass is 329 g/mol. The Bertz CT molecular complexity index is 460. The van der Waals surface area contributed by atoms with Gasteiger partial charge in [-0.1, -0.05) is 25.4 Å². The second-order valence-corrected chi connectivity index (χ2v) is 7.88. The van der Waals surface area contributed by atoms with Crippen molar-refractivity contribution in [3.63, 3.8) is 0 Å². The Morgan fingerprint density at radius 1 is 1.33 bits per heavy atom. The quantitative estimate of drug-likeness (QED) is 0.749. The molecule has 0 saturated carbocycles. The molecule has 0 bridgehead atoms. The maximum atomic E-state index is 12.1. The molecule has 5 heteroatoms. The van der Waals surface area contributed by atoms with E-state index in [9.17, 15) is 9.90 Å². The lowest BCUT2D eigenvalue weighted by Crippen LogP contribution is -2.43. The predicted octanol–water partition coefficient (Wildman–Crippen LogP) is 3.73. The smallest absolute Gasteiger partial charge is 0.233 e. The molecule has 118 valence electrons. The molecule has 21 heavy (non-hydrogen) atoms. The number of halogens is 1. The van der Waals surface area contributed by atoms with Gasteiger partial charge < -0.3 is 10.4 Å². The fourth-order valence-electron chi connectivity index (χ4n) is 2.14. The SMILES string of the molecule is CC(C)CC(C)(O)CNC(=O)C(C)Sc1ccc(Cl)cc1. The van der Waals surface area contributed by atoms with E-state index < -0.39 is 5.60 Å². The van der Waals surface area contributed by atoms with Crippen molar-refractivity contribution in [2.75, 3.05) is 6.54 Å². The molecule has 0 spiro atoms. The molecule has 0 aromatic heterocycles. The Hall–Kier alpha value is -0.710. The molecule has 0 radical (unpaired) electrons. The lowest BCUT2D eigenvalue weighted by atomic mass is 9.94. The highest BCUT2D eigenvalue weighted by atomic mass is 35.5. The average Bonchev–Trinajstić information content (AvgIpc) is 2.37. The van der Waals surface area contributed by atoms with Crippen molar-refractivity contribution in [3.8, 4) is 0 Å². The van der Waals surface area contributed by atoms with Crippen LogP contribution in [0.4, 0.5) is 0 Å². The summed E-state index contributed by atoms with van der Waals surface area (Å²) in [5.74, 6) is 0.316. The van der Waals surface area contributed by atoms with Crippen molar-refractivity contribution in [1.29, 1.82) is 0 Å². The van der Waals surface area contributed by atoms with Crippen LogP contribution in [0.1, 0.15) is 34.1 Å². The predicted molar refractivity (Wildman–Crippen MR) is 89.9 cm³/mol. The van der Waals surface area contributed by atoms with Crippen molar-refractivity contribution in [2.24, 2.45) is 5.92 Å². The van der Waals surface area contributed by atoms with Crippen LogP contribution in [0.3, 0.4) is 0 Å². The summed E-state index contributed by atoms with van der Waals surface area (Å²) in [4.78, 5) is 13.1. The molecule has 1 aromatic carbocycles. The molecule has 0 fully saturated rings. The summed E-state index contributed by atoms with van der Waals surface area (Å²) in [6, 6.07) is 7.40. The minimum Gasteiger partial charge on any atom is -0.388 e. The van der Waals surface area contributed by atoms with E-state index in [4.69, 9.17) is 11.6 Å². The van der Waals surface area contributed by atoms with E-state index in [1.165, 1.54) is 11.8 Å². The van der Waals surface area contributed by atoms with Gasteiger partial charge in [0, 0.05) is 16.5 Å². The van der Waals surface area contributed by atoms with Crippen LogP contribution >= 0.6 is 23.4 Å². The molecule has 1 rings (SSSR count). The van der Waals surface area contributed by atoms with Gasteiger partial charge in [-0.25, -0.2) is 0 Å². The highest BCUT2D eigenvalue weighted by molar-refractivity contribution is 8.00. The molecule has 0 aliphatic carbocycles. The second kappa shape index (κ2) is 8.06. The molecular weight excluding hydrogens is 306 g/mol. The van der Waals surface area contributed by atoms with Crippen molar-refractivity contribution < 1.29 is 9.90 Å². The highest BCUT2D eigenvalue weighted by Gasteiger charge is 2.24. The van der Waals surface area contributed by atoms with Gasteiger partial charge >= 0.3 is 0 Å². The second-order valence-electron chi connectivity index (χ2n) is 6.03. The topological polar surface area (TPSA) is 49.3 Å². The number of aliphatic hydroxyl groups is 1. The Morgan fingerprint density at radius 2 is 1.90 bits per heavy atom. The van der Waals surface area contributed by atoms with Crippen LogP contribution < -0.4 is 5.32 Å². The van der Waals surface area contributed by atoms with Crippen molar-refractivity contribution >= 4 is 29.3 Å². The van der Waals surface area contributed by atoms with E-state index in [-0.39, 0.29) is 17.7 Å². The maximum absolute atomic E-state index is 12.1. The van der Waals surface area contributed by atoms with Gasteiger partial charge in [0.1, 0.15) is 0 Å². The minimum absolute atomic E-state index is 0.0704. The molecule has 0 aliphatic heterocycles. The summed E-state index contributed by atoms with van der Waals surface area (Å²) >= 11 is 7.31. The average molecular weight is 330 g/mol. The number of amides is 1.